The van der Waals surface area contributed by atoms with Gasteiger partial charge >= 0.3 is 71.8 Å². The summed E-state index contributed by atoms with van der Waals surface area (Å²) < 4.78 is 368. The number of alkyl halides is 27. The third kappa shape index (κ3) is 16.3. The molecule has 84 heavy (non-hydrogen) atoms. The molecule has 5 fully saturated rings. The fourth-order valence-electron chi connectivity index (χ4n) is 10.0. The first kappa shape index (κ1) is 74.1. The molecular formula is C49H54F27N3O5. The van der Waals surface area contributed by atoms with Gasteiger partial charge in [-0.25, -0.2) is 0 Å². The first-order valence-electron chi connectivity index (χ1n) is 25.6. The lowest BCUT2D eigenvalue weighted by atomic mass is 9.76. The van der Waals surface area contributed by atoms with Crippen LogP contribution in [0.5, 0.6) is 0 Å². The number of allylic oxidation sites excluding steroid dienone is 2. The largest absolute Gasteiger partial charge is 0.460 e. The van der Waals surface area contributed by atoms with E-state index >= 15 is 0 Å². The van der Waals surface area contributed by atoms with Crippen LogP contribution in [0.1, 0.15) is 135 Å². The number of rotatable bonds is 20. The van der Waals surface area contributed by atoms with Gasteiger partial charge < -0.3 is 18.9 Å². The van der Waals surface area contributed by atoms with Gasteiger partial charge in [0.15, 0.2) is 11.6 Å². The van der Waals surface area contributed by atoms with Gasteiger partial charge in [0.05, 0.1) is 44.6 Å². The first-order valence-corrected chi connectivity index (χ1v) is 25.6. The molecule has 8 nitrogen and oxygen atoms in total. The fourth-order valence-corrected chi connectivity index (χ4v) is 10.0. The monoisotopic (exact) mass is 1280 g/mol. The molecule has 2 atom stereocenters. The van der Waals surface area contributed by atoms with E-state index in [-0.39, 0.29) is 48.9 Å². The Labute approximate surface area is 461 Å². The van der Waals surface area contributed by atoms with Crippen LogP contribution in [0, 0.1) is 57.7 Å². The van der Waals surface area contributed by atoms with E-state index < -0.39 is 140 Å². The van der Waals surface area contributed by atoms with Crippen molar-refractivity contribution in [3.8, 4) is 18.2 Å². The summed E-state index contributed by atoms with van der Waals surface area (Å²) in [5.41, 5.74) is 0.604. The van der Waals surface area contributed by atoms with Crippen molar-refractivity contribution in [2.45, 2.75) is 218 Å². The predicted molar refractivity (Wildman–Crippen MR) is 232 cm³/mol. The van der Waals surface area contributed by atoms with Crippen molar-refractivity contribution in [2.24, 2.45) is 23.7 Å². The highest BCUT2D eigenvalue weighted by atomic mass is 19.4. The number of halogens is 27. The van der Waals surface area contributed by atoms with Crippen LogP contribution in [0.4, 0.5) is 119 Å². The van der Waals surface area contributed by atoms with Gasteiger partial charge in [-0.1, -0.05) is 5.57 Å². The van der Waals surface area contributed by atoms with Crippen LogP contribution in [0.3, 0.4) is 0 Å². The number of hydrogen-bond donors (Lipinski definition) is 0. The van der Waals surface area contributed by atoms with Crippen LogP contribution in [0.25, 0.3) is 0 Å². The highest BCUT2D eigenvalue weighted by molar-refractivity contribution is 5.79. The maximum atomic E-state index is 13.6. The Morgan fingerprint density at radius 2 is 0.726 bits per heavy atom. The van der Waals surface area contributed by atoms with E-state index in [0.717, 1.165) is 0 Å². The first-order chi connectivity index (χ1) is 38.1. The SMILES string of the molecule is N#CC(CCCC(F)(F)C(F)(F)C(F)(F)C(F)(F)F)=C1CCC2(CC1)OCCO2.N#CC(CCCC(F)(F)C(F)(F)C(F)(F)C(F)(F)F)C1CCC(=O)CC1.N#CC(CCCC(F)(F)C(F)(F)C(F)(F)C(F)(F)F)C1CCC2(CC1)OCCO2. The fraction of sp³-hybridized carbons (Fsp3) is 0.878. The van der Waals surface area contributed by atoms with Crippen LogP contribution < -0.4 is 0 Å². The molecule has 5 rings (SSSR count). The Kier molecular flexibility index (Phi) is 23.9. The molecule has 0 N–H and O–H groups in total. The number of ether oxygens (including phenoxy) is 4. The predicted octanol–water partition coefficient (Wildman–Crippen LogP) is 17.0. The Bertz CT molecular complexity index is 2310. The highest BCUT2D eigenvalue weighted by Crippen LogP contribution is 2.58. The lowest BCUT2D eigenvalue weighted by molar-refractivity contribution is -0.396. The molecule has 2 saturated heterocycles. The zero-order valence-electron chi connectivity index (χ0n) is 43.6. The minimum absolute atomic E-state index is 0.0274. The van der Waals surface area contributed by atoms with Gasteiger partial charge in [-0.15, -0.1) is 0 Å². The van der Waals surface area contributed by atoms with Crippen molar-refractivity contribution in [3.05, 3.63) is 11.1 Å². The molecule has 2 spiro atoms. The third-order valence-corrected chi connectivity index (χ3v) is 15.2. The molecule has 3 aliphatic carbocycles. The number of nitrogens with zero attached hydrogens (tertiary/aromatic N) is 3. The van der Waals surface area contributed by atoms with E-state index in [2.05, 4.69) is 0 Å². The van der Waals surface area contributed by atoms with Gasteiger partial charge in [0.25, 0.3) is 0 Å². The third-order valence-electron chi connectivity index (χ3n) is 15.2. The van der Waals surface area contributed by atoms with E-state index in [9.17, 15) is 134 Å². The zero-order chi connectivity index (χ0) is 64.7. The number of carbonyl (C=O) groups is 1. The Morgan fingerprint density at radius 1 is 0.429 bits per heavy atom. The van der Waals surface area contributed by atoms with Crippen LogP contribution in [-0.2, 0) is 23.7 Å². The molecule has 2 unspecified atom stereocenters. The summed E-state index contributed by atoms with van der Waals surface area (Å²) >= 11 is 0. The molecule has 2 aliphatic heterocycles. The van der Waals surface area contributed by atoms with E-state index in [1.807, 2.05) is 6.07 Å². The zero-order valence-corrected chi connectivity index (χ0v) is 43.6. The van der Waals surface area contributed by atoms with Crippen molar-refractivity contribution in [3.63, 3.8) is 0 Å². The van der Waals surface area contributed by atoms with Gasteiger partial charge in [0, 0.05) is 75.2 Å². The lowest BCUT2D eigenvalue weighted by Crippen LogP contribution is -2.60. The van der Waals surface area contributed by atoms with Gasteiger partial charge in [0.1, 0.15) is 5.78 Å². The maximum absolute atomic E-state index is 13.6. The molecule has 35 heteroatoms. The molecule has 0 aromatic heterocycles. The topological polar surface area (TPSA) is 125 Å². The normalized spacial score (nSPS) is 21.6. The highest BCUT2D eigenvalue weighted by Gasteiger charge is 2.83. The molecule has 2 heterocycles. The Morgan fingerprint density at radius 3 is 1.02 bits per heavy atom. The average molecular weight is 1280 g/mol. The molecule has 0 amide bonds. The molecule has 0 radical (unpaired) electrons. The van der Waals surface area contributed by atoms with E-state index in [1.54, 1.807) is 12.1 Å². The number of hydrogen-bond acceptors (Lipinski definition) is 8. The van der Waals surface area contributed by atoms with Gasteiger partial charge in [-0.05, 0) is 88.9 Å². The summed E-state index contributed by atoms with van der Waals surface area (Å²) in [7, 11) is 0. The summed E-state index contributed by atoms with van der Waals surface area (Å²) in [6.45, 7) is 1.68. The summed E-state index contributed by atoms with van der Waals surface area (Å²) in [5.74, 6) is -61.1. The Balaban J connectivity index is 0.000000331. The van der Waals surface area contributed by atoms with Gasteiger partial charge in [0.2, 0.25) is 0 Å². The molecule has 484 valence electrons. The van der Waals surface area contributed by atoms with E-state index in [0.29, 0.717) is 96.2 Å². The van der Waals surface area contributed by atoms with Crippen LogP contribution in [0.2, 0.25) is 0 Å². The quantitative estimate of drug-likeness (QED) is 0.0872. The smallest absolute Gasteiger partial charge is 0.348 e. The lowest BCUT2D eigenvalue weighted by Gasteiger charge is -2.37. The Hall–Kier alpha value is -4.17. The van der Waals surface area contributed by atoms with Crippen molar-refractivity contribution in [2.75, 3.05) is 26.4 Å². The number of carbonyl (C=O) groups excluding carboxylic acids is 1. The van der Waals surface area contributed by atoms with E-state index in [4.69, 9.17) is 24.2 Å². The van der Waals surface area contributed by atoms with Crippen molar-refractivity contribution >= 4 is 5.78 Å². The molecule has 3 saturated carbocycles. The summed E-state index contributed by atoms with van der Waals surface area (Å²) in [6.07, 6.45) is -25.5. The molecule has 0 bridgehead atoms. The van der Waals surface area contributed by atoms with E-state index in [1.165, 1.54) is 0 Å². The summed E-state index contributed by atoms with van der Waals surface area (Å²) in [5, 5.41) is 27.5. The molecular weight excluding hydrogens is 1220 g/mol. The second-order valence-electron chi connectivity index (χ2n) is 20.8. The van der Waals surface area contributed by atoms with Crippen molar-refractivity contribution in [1.29, 1.82) is 15.8 Å². The second-order valence-corrected chi connectivity index (χ2v) is 20.8. The van der Waals surface area contributed by atoms with Crippen LogP contribution in [0.15, 0.2) is 11.1 Å². The number of ketones is 1. The average Bonchev–Trinajstić information content (AvgIpc) is 3.40. The summed E-state index contributed by atoms with van der Waals surface area (Å²) in [4.78, 5) is 11.1. The molecule has 5 aliphatic rings. The minimum atomic E-state index is -6.89. The molecule has 0 aromatic rings. The van der Waals surface area contributed by atoms with Crippen LogP contribution >= 0.6 is 0 Å². The number of nitriles is 3. The molecule has 0 aromatic carbocycles. The van der Waals surface area contributed by atoms with Crippen molar-refractivity contribution < 1.29 is 142 Å². The van der Waals surface area contributed by atoms with Crippen LogP contribution in [-0.4, -0.2) is 116 Å². The summed E-state index contributed by atoms with van der Waals surface area (Å²) in [6, 6.07) is 5.45. The maximum Gasteiger partial charge on any atom is 0.460 e. The minimum Gasteiger partial charge on any atom is -0.348 e. The number of Topliss-reactive ketones (excluding diaryl/α,β-unsaturated/α-hetero) is 1. The van der Waals surface area contributed by atoms with Gasteiger partial charge in [-0.2, -0.15) is 134 Å². The van der Waals surface area contributed by atoms with Crippen molar-refractivity contribution in [1.82, 2.24) is 0 Å². The standard InChI is InChI=1S/C17H20F9NO2.C17H18F9NO2.C15H16F9NO/c2*18-14(19,15(20,21)16(22,23)17(24,25)26)5-1-2-12(10-27)11-3-6-13(7-4-11)28-8-9-29-13;16-12(17,13(18,19)14(20,21)15(22,23)24)7-1-2-10(8-25)9-3-5-11(26)6-4-9/h11-12H,1-9H2;1-9H2;9-10H,1-7H2. The second kappa shape index (κ2) is 27.1. The van der Waals surface area contributed by atoms with Gasteiger partial charge in [-0.3, -0.25) is 4.79 Å².